The quantitative estimate of drug-likeness (QED) is 0.385. The van der Waals surface area contributed by atoms with E-state index < -0.39 is 23.2 Å². The standard InChI is InChI=1S/C16H14F2N2O3.C2H6/c1-10-5-7-11(8-6-10)22-9-14(19)20-23-16(21)15-12(17)3-2-4-13(15)18;1-2/h2-8H,9H2,1H3,(H2,19,20);1-2H3. The molecule has 134 valence electrons. The molecule has 0 saturated carbocycles. The Balaban J connectivity index is 0.00000151. The van der Waals surface area contributed by atoms with E-state index in [-0.39, 0.29) is 12.4 Å². The van der Waals surface area contributed by atoms with Crippen LogP contribution in [-0.4, -0.2) is 18.4 Å². The Morgan fingerprint density at radius 1 is 1.08 bits per heavy atom. The third-order valence-electron chi connectivity index (χ3n) is 2.82. The Bertz CT molecular complexity index is 711. The lowest BCUT2D eigenvalue weighted by Gasteiger charge is -2.06. The van der Waals surface area contributed by atoms with Crippen LogP contribution in [0.5, 0.6) is 5.75 Å². The van der Waals surface area contributed by atoms with Crippen LogP contribution in [-0.2, 0) is 4.84 Å². The molecule has 2 N–H and O–H groups in total. The highest BCUT2D eigenvalue weighted by Crippen LogP contribution is 2.13. The number of amidine groups is 1. The fourth-order valence-electron chi connectivity index (χ4n) is 1.66. The zero-order valence-electron chi connectivity index (χ0n) is 14.3. The zero-order valence-corrected chi connectivity index (χ0v) is 14.3. The van der Waals surface area contributed by atoms with Crippen LogP contribution in [0.3, 0.4) is 0 Å². The number of carbonyl (C=O) groups is 1. The minimum absolute atomic E-state index is 0.143. The molecule has 0 saturated heterocycles. The first-order chi connectivity index (χ1) is 12.0. The molecular formula is C18H20F2N2O3. The van der Waals surface area contributed by atoms with Gasteiger partial charge in [0.05, 0.1) is 0 Å². The topological polar surface area (TPSA) is 73.9 Å². The lowest BCUT2D eigenvalue weighted by molar-refractivity contribution is 0.0502. The number of hydrogen-bond acceptors (Lipinski definition) is 4. The van der Waals surface area contributed by atoms with E-state index in [4.69, 9.17) is 10.5 Å². The normalized spacial score (nSPS) is 10.5. The molecule has 2 rings (SSSR count). The van der Waals surface area contributed by atoms with Crippen molar-refractivity contribution in [2.24, 2.45) is 10.9 Å². The molecule has 0 fully saturated rings. The number of carbonyl (C=O) groups excluding carboxylic acids is 1. The molecule has 0 spiro atoms. The van der Waals surface area contributed by atoms with Crippen LogP contribution in [0.4, 0.5) is 8.78 Å². The SMILES string of the molecule is CC.Cc1ccc(OC/C(N)=N/OC(=O)c2c(F)cccc2F)cc1. The largest absolute Gasteiger partial charge is 0.486 e. The molecule has 25 heavy (non-hydrogen) atoms. The van der Waals surface area contributed by atoms with Gasteiger partial charge in [0.1, 0.15) is 29.6 Å². The van der Waals surface area contributed by atoms with Crippen LogP contribution in [0, 0.1) is 18.6 Å². The molecule has 0 heterocycles. The van der Waals surface area contributed by atoms with Crippen LogP contribution in [0.2, 0.25) is 0 Å². The van der Waals surface area contributed by atoms with Gasteiger partial charge in [0.25, 0.3) is 0 Å². The van der Waals surface area contributed by atoms with Gasteiger partial charge in [-0.2, -0.15) is 0 Å². The van der Waals surface area contributed by atoms with Crippen molar-refractivity contribution in [3.05, 3.63) is 65.2 Å². The van der Waals surface area contributed by atoms with Crippen molar-refractivity contribution in [3.8, 4) is 5.75 Å². The van der Waals surface area contributed by atoms with Crippen molar-refractivity contribution in [2.45, 2.75) is 20.8 Å². The number of benzene rings is 2. The molecule has 0 aliphatic carbocycles. The molecule has 0 unspecified atom stereocenters. The molecule has 2 aromatic rings. The third kappa shape index (κ3) is 6.21. The van der Waals surface area contributed by atoms with Crippen molar-refractivity contribution in [2.75, 3.05) is 6.61 Å². The molecule has 0 bridgehead atoms. The summed E-state index contributed by atoms with van der Waals surface area (Å²) in [6.45, 7) is 5.79. The van der Waals surface area contributed by atoms with Gasteiger partial charge in [-0.1, -0.05) is 42.8 Å². The number of hydrogen-bond donors (Lipinski definition) is 1. The predicted molar refractivity (Wildman–Crippen MR) is 91.4 cm³/mol. The summed E-state index contributed by atoms with van der Waals surface area (Å²) in [5, 5.41) is 3.30. The molecule has 0 aromatic heterocycles. The van der Waals surface area contributed by atoms with Crippen LogP contribution in [0.25, 0.3) is 0 Å². The number of aryl methyl sites for hydroxylation is 1. The summed E-state index contributed by atoms with van der Waals surface area (Å²) in [6, 6.07) is 10.2. The lowest BCUT2D eigenvalue weighted by Crippen LogP contribution is -2.22. The highest BCUT2D eigenvalue weighted by atomic mass is 19.1. The van der Waals surface area contributed by atoms with E-state index in [0.717, 1.165) is 23.8 Å². The molecule has 0 aliphatic heterocycles. The predicted octanol–water partition coefficient (Wildman–Crippen LogP) is 3.81. The maximum Gasteiger partial charge on any atom is 0.371 e. The van der Waals surface area contributed by atoms with E-state index in [9.17, 15) is 13.6 Å². The molecule has 0 amide bonds. The second-order valence-electron chi connectivity index (χ2n) is 4.66. The maximum absolute atomic E-state index is 13.4. The Labute approximate surface area is 145 Å². The minimum Gasteiger partial charge on any atom is -0.486 e. The van der Waals surface area contributed by atoms with Gasteiger partial charge in [0, 0.05) is 0 Å². The maximum atomic E-state index is 13.4. The monoisotopic (exact) mass is 350 g/mol. The van der Waals surface area contributed by atoms with E-state index in [0.29, 0.717) is 5.75 Å². The van der Waals surface area contributed by atoms with Gasteiger partial charge in [-0.05, 0) is 31.2 Å². The first-order valence-electron chi connectivity index (χ1n) is 7.64. The average Bonchev–Trinajstić information content (AvgIpc) is 2.61. The van der Waals surface area contributed by atoms with Gasteiger partial charge in [0.2, 0.25) is 0 Å². The van der Waals surface area contributed by atoms with Gasteiger partial charge in [-0.3, -0.25) is 0 Å². The summed E-state index contributed by atoms with van der Waals surface area (Å²) in [7, 11) is 0. The van der Waals surface area contributed by atoms with E-state index in [2.05, 4.69) is 9.99 Å². The number of ether oxygens (including phenoxy) is 1. The summed E-state index contributed by atoms with van der Waals surface area (Å²) in [4.78, 5) is 16.0. The number of nitrogens with zero attached hydrogens (tertiary/aromatic N) is 1. The van der Waals surface area contributed by atoms with Gasteiger partial charge >= 0.3 is 5.97 Å². The van der Waals surface area contributed by atoms with Crippen LogP contribution in [0.15, 0.2) is 47.6 Å². The van der Waals surface area contributed by atoms with Crippen molar-refractivity contribution >= 4 is 11.8 Å². The van der Waals surface area contributed by atoms with Crippen LogP contribution < -0.4 is 10.5 Å². The fourth-order valence-corrected chi connectivity index (χ4v) is 1.66. The summed E-state index contributed by atoms with van der Waals surface area (Å²) < 4.78 is 32.1. The minimum atomic E-state index is -1.28. The Kier molecular flexibility index (Phi) is 8.05. The molecule has 0 radical (unpaired) electrons. The summed E-state index contributed by atoms with van der Waals surface area (Å²) in [6.07, 6.45) is 0. The van der Waals surface area contributed by atoms with Crippen LogP contribution in [0.1, 0.15) is 29.8 Å². The fraction of sp³-hybridized carbons (Fsp3) is 0.222. The average molecular weight is 350 g/mol. The van der Waals surface area contributed by atoms with Crippen molar-refractivity contribution in [1.29, 1.82) is 0 Å². The number of nitrogens with two attached hydrogens (primary N) is 1. The van der Waals surface area contributed by atoms with E-state index in [1.165, 1.54) is 0 Å². The number of rotatable bonds is 5. The molecular weight excluding hydrogens is 330 g/mol. The van der Waals surface area contributed by atoms with Gasteiger partial charge in [-0.15, -0.1) is 0 Å². The van der Waals surface area contributed by atoms with Crippen molar-refractivity contribution in [3.63, 3.8) is 0 Å². The Hall–Kier alpha value is -2.96. The first kappa shape index (κ1) is 20.1. The first-order valence-corrected chi connectivity index (χ1v) is 7.64. The van der Waals surface area contributed by atoms with Crippen molar-refractivity contribution in [1.82, 2.24) is 0 Å². The molecule has 5 nitrogen and oxygen atoms in total. The summed E-state index contributed by atoms with van der Waals surface area (Å²) >= 11 is 0. The Morgan fingerprint density at radius 2 is 1.64 bits per heavy atom. The van der Waals surface area contributed by atoms with Gasteiger partial charge in [0.15, 0.2) is 5.84 Å². The lowest BCUT2D eigenvalue weighted by atomic mass is 10.2. The summed E-state index contributed by atoms with van der Waals surface area (Å²) in [5.74, 6) is -2.96. The second-order valence-corrected chi connectivity index (χ2v) is 4.66. The number of halogens is 2. The highest BCUT2D eigenvalue weighted by Gasteiger charge is 2.18. The highest BCUT2D eigenvalue weighted by molar-refractivity contribution is 5.91. The van der Waals surface area contributed by atoms with Gasteiger partial charge < -0.3 is 15.3 Å². The van der Waals surface area contributed by atoms with E-state index in [1.807, 2.05) is 32.9 Å². The number of oxime groups is 1. The molecule has 0 aliphatic rings. The molecule has 2 aromatic carbocycles. The Morgan fingerprint density at radius 3 is 2.20 bits per heavy atom. The van der Waals surface area contributed by atoms with E-state index >= 15 is 0 Å². The second kappa shape index (κ2) is 10.0. The van der Waals surface area contributed by atoms with E-state index in [1.54, 1.807) is 12.1 Å². The molecule has 7 heteroatoms. The molecule has 0 atom stereocenters. The zero-order chi connectivity index (χ0) is 18.8. The smallest absolute Gasteiger partial charge is 0.371 e. The van der Waals surface area contributed by atoms with Crippen LogP contribution >= 0.6 is 0 Å². The third-order valence-corrected chi connectivity index (χ3v) is 2.82. The van der Waals surface area contributed by atoms with Crippen molar-refractivity contribution < 1.29 is 23.1 Å². The van der Waals surface area contributed by atoms with Gasteiger partial charge in [-0.25, -0.2) is 13.6 Å². The summed E-state index contributed by atoms with van der Waals surface area (Å²) in [5.41, 5.74) is 5.75.